The summed E-state index contributed by atoms with van der Waals surface area (Å²) in [6, 6.07) is 23.3. The molecule has 180 valence electrons. The average molecular weight is 515 g/mol. The van der Waals surface area contributed by atoms with Crippen molar-refractivity contribution in [1.29, 1.82) is 5.41 Å². The topological polar surface area (TPSA) is 126 Å². The fraction of sp³-hybridized carbons (Fsp3) is 0.0741. The number of nitrogens with one attached hydrogen (secondary N) is 2. The molecule has 0 fully saturated rings. The molecule has 5 rings (SSSR count). The molecule has 1 aromatic heterocycles. The second-order valence-corrected chi connectivity index (χ2v) is 11.0. The van der Waals surface area contributed by atoms with Gasteiger partial charge in [0.25, 0.3) is 0 Å². The summed E-state index contributed by atoms with van der Waals surface area (Å²) in [5.41, 5.74) is 9.68. The Morgan fingerprint density at radius 3 is 2.56 bits per heavy atom. The number of aromatic nitrogens is 1. The Bertz CT molecular complexity index is 1730. The first kappa shape index (κ1) is 23.8. The minimum absolute atomic E-state index is 0.0781. The van der Waals surface area contributed by atoms with E-state index in [0.29, 0.717) is 16.7 Å². The van der Waals surface area contributed by atoms with E-state index in [1.807, 2.05) is 24.3 Å². The monoisotopic (exact) mass is 514 g/mol. The lowest BCUT2D eigenvalue weighted by atomic mass is 9.97. The standard InChI is InChI=1S/C27H22N4O3S2/c28-27(29)21-7-3-4-17(12-21)13-24(26(32)20-9-11-23-25(15-20)35-16-30-23)31-36(33,34)22-10-8-18-5-1-2-6-19(18)14-22/h1-12,14-16,24,31H,13H2,(H3,28,29)/t24-/m0/s1. The van der Waals surface area contributed by atoms with E-state index in [2.05, 4.69) is 9.71 Å². The molecule has 0 spiro atoms. The van der Waals surface area contributed by atoms with Gasteiger partial charge in [0.2, 0.25) is 10.0 Å². The average Bonchev–Trinajstić information content (AvgIpc) is 3.35. The van der Waals surface area contributed by atoms with Crippen LogP contribution in [0, 0.1) is 5.41 Å². The second kappa shape index (κ2) is 9.62. The number of nitrogens with zero attached hydrogens (tertiary/aromatic N) is 1. The van der Waals surface area contributed by atoms with Crippen molar-refractivity contribution in [3.8, 4) is 0 Å². The van der Waals surface area contributed by atoms with E-state index in [1.54, 1.807) is 60.1 Å². The molecule has 0 aliphatic carbocycles. The van der Waals surface area contributed by atoms with Crippen LogP contribution in [0.1, 0.15) is 21.5 Å². The van der Waals surface area contributed by atoms with Crippen LogP contribution in [0.25, 0.3) is 21.0 Å². The maximum Gasteiger partial charge on any atom is 0.241 e. The van der Waals surface area contributed by atoms with Crippen LogP contribution in [0.15, 0.2) is 95.3 Å². The van der Waals surface area contributed by atoms with Gasteiger partial charge in [-0.25, -0.2) is 13.4 Å². The molecule has 0 aliphatic rings. The lowest BCUT2D eigenvalue weighted by molar-refractivity contribution is 0.0953. The molecule has 0 aliphatic heterocycles. The van der Waals surface area contributed by atoms with E-state index in [9.17, 15) is 13.2 Å². The van der Waals surface area contributed by atoms with Crippen molar-refractivity contribution in [3.05, 3.63) is 107 Å². The first-order chi connectivity index (χ1) is 17.3. The van der Waals surface area contributed by atoms with E-state index in [0.717, 1.165) is 21.0 Å². The van der Waals surface area contributed by atoms with Crippen LogP contribution in [0.3, 0.4) is 0 Å². The Hall–Kier alpha value is -3.92. The number of amidine groups is 1. The number of ketones is 1. The molecule has 4 aromatic carbocycles. The van der Waals surface area contributed by atoms with E-state index >= 15 is 0 Å². The Morgan fingerprint density at radius 1 is 0.944 bits per heavy atom. The molecule has 36 heavy (non-hydrogen) atoms. The van der Waals surface area contributed by atoms with Crippen LogP contribution in [0.2, 0.25) is 0 Å². The van der Waals surface area contributed by atoms with Crippen molar-refractivity contribution in [2.24, 2.45) is 5.73 Å². The molecule has 1 atom stereocenters. The third kappa shape index (κ3) is 4.90. The summed E-state index contributed by atoms with van der Waals surface area (Å²) in [5, 5.41) is 9.42. The third-order valence-electron chi connectivity index (χ3n) is 5.94. The molecule has 1 heterocycles. The summed E-state index contributed by atoms with van der Waals surface area (Å²) in [6.07, 6.45) is 0.0908. The first-order valence-corrected chi connectivity index (χ1v) is 13.5. The maximum absolute atomic E-state index is 13.6. The van der Waals surface area contributed by atoms with Gasteiger partial charge in [-0.3, -0.25) is 10.2 Å². The molecular weight excluding hydrogens is 492 g/mol. The number of nitrogens with two attached hydrogens (primary N) is 1. The van der Waals surface area contributed by atoms with E-state index in [4.69, 9.17) is 11.1 Å². The Labute approximate surface area is 212 Å². The van der Waals surface area contributed by atoms with Gasteiger partial charge in [-0.1, -0.05) is 48.5 Å². The van der Waals surface area contributed by atoms with Crippen LogP contribution in [0.4, 0.5) is 0 Å². The smallest absolute Gasteiger partial charge is 0.241 e. The number of sulfonamides is 1. The predicted molar refractivity (Wildman–Crippen MR) is 143 cm³/mol. The highest BCUT2D eigenvalue weighted by atomic mass is 32.2. The summed E-state index contributed by atoms with van der Waals surface area (Å²) in [5.74, 6) is -0.463. The summed E-state index contributed by atoms with van der Waals surface area (Å²) in [4.78, 5) is 18.0. The number of nitrogen functional groups attached to an aromatic ring is 1. The normalized spacial score (nSPS) is 12.6. The molecule has 0 amide bonds. The number of thiazole rings is 1. The van der Waals surface area contributed by atoms with E-state index < -0.39 is 16.1 Å². The van der Waals surface area contributed by atoms with Crippen LogP contribution < -0.4 is 10.5 Å². The molecule has 0 saturated carbocycles. The zero-order valence-corrected chi connectivity index (χ0v) is 20.6. The summed E-state index contributed by atoms with van der Waals surface area (Å²) in [6.45, 7) is 0. The summed E-state index contributed by atoms with van der Waals surface area (Å²) < 4.78 is 30.3. The van der Waals surface area contributed by atoms with Gasteiger partial charge in [-0.2, -0.15) is 4.72 Å². The van der Waals surface area contributed by atoms with Crippen molar-refractivity contribution >= 4 is 54.0 Å². The number of carbonyl (C=O) groups excluding carboxylic acids is 1. The molecule has 4 N–H and O–H groups in total. The van der Waals surface area contributed by atoms with Gasteiger partial charge in [0.05, 0.1) is 26.7 Å². The number of carbonyl (C=O) groups is 1. The molecule has 0 unspecified atom stereocenters. The third-order valence-corrected chi connectivity index (χ3v) is 8.20. The number of rotatable bonds is 8. The number of hydrogen-bond donors (Lipinski definition) is 3. The molecule has 5 aromatic rings. The minimum atomic E-state index is -4.03. The molecule has 0 bridgehead atoms. The fourth-order valence-corrected chi connectivity index (χ4v) is 6.04. The summed E-state index contributed by atoms with van der Waals surface area (Å²) >= 11 is 1.41. The van der Waals surface area contributed by atoms with Crippen molar-refractivity contribution in [2.45, 2.75) is 17.4 Å². The van der Waals surface area contributed by atoms with Gasteiger partial charge in [0, 0.05) is 11.1 Å². The molecule has 7 nitrogen and oxygen atoms in total. The Morgan fingerprint density at radius 2 is 1.75 bits per heavy atom. The molecule has 0 saturated heterocycles. The quantitative estimate of drug-likeness (QED) is 0.160. The Kier molecular flexibility index (Phi) is 6.36. The number of hydrogen-bond acceptors (Lipinski definition) is 6. The largest absolute Gasteiger partial charge is 0.384 e. The van der Waals surface area contributed by atoms with Crippen LogP contribution in [-0.4, -0.2) is 31.1 Å². The highest BCUT2D eigenvalue weighted by Gasteiger charge is 2.27. The van der Waals surface area contributed by atoms with Gasteiger partial charge in [-0.15, -0.1) is 11.3 Å². The second-order valence-electron chi connectivity index (χ2n) is 8.40. The number of Topliss-reactive ketones (excluding diaryl/α,β-unsaturated/α-hetero) is 1. The van der Waals surface area contributed by atoms with Crippen LogP contribution in [0.5, 0.6) is 0 Å². The molecule has 9 heteroatoms. The van der Waals surface area contributed by atoms with E-state index in [-0.39, 0.29) is 22.9 Å². The highest BCUT2D eigenvalue weighted by Crippen LogP contribution is 2.23. The van der Waals surface area contributed by atoms with Crippen molar-refractivity contribution in [3.63, 3.8) is 0 Å². The maximum atomic E-state index is 13.6. The van der Waals surface area contributed by atoms with Gasteiger partial charge < -0.3 is 5.73 Å². The highest BCUT2D eigenvalue weighted by molar-refractivity contribution is 7.89. The predicted octanol–water partition coefficient (Wildman–Crippen LogP) is 4.51. The lowest BCUT2D eigenvalue weighted by Gasteiger charge is -2.19. The van der Waals surface area contributed by atoms with Crippen molar-refractivity contribution < 1.29 is 13.2 Å². The SMILES string of the molecule is N=C(N)c1cccc(C[C@H](NS(=O)(=O)c2ccc3ccccc3c2)C(=O)c2ccc3ncsc3c2)c1. The zero-order valence-electron chi connectivity index (χ0n) is 19.0. The molecule has 0 radical (unpaired) electrons. The van der Waals surface area contributed by atoms with E-state index in [1.165, 1.54) is 17.4 Å². The lowest BCUT2D eigenvalue weighted by Crippen LogP contribution is -2.42. The van der Waals surface area contributed by atoms with Gasteiger partial charge in [0.1, 0.15) is 5.84 Å². The van der Waals surface area contributed by atoms with Gasteiger partial charge >= 0.3 is 0 Å². The number of benzene rings is 4. The van der Waals surface area contributed by atoms with Crippen molar-refractivity contribution in [1.82, 2.24) is 9.71 Å². The van der Waals surface area contributed by atoms with Gasteiger partial charge in [-0.05, 0) is 59.2 Å². The minimum Gasteiger partial charge on any atom is -0.384 e. The zero-order chi connectivity index (χ0) is 25.3. The number of fused-ring (bicyclic) bond motifs is 2. The van der Waals surface area contributed by atoms with Crippen molar-refractivity contribution in [2.75, 3.05) is 0 Å². The molecular formula is C27H22N4O3S2. The summed E-state index contributed by atoms with van der Waals surface area (Å²) in [7, 11) is -4.03. The first-order valence-electron chi connectivity index (χ1n) is 11.1. The van der Waals surface area contributed by atoms with Crippen LogP contribution >= 0.6 is 11.3 Å². The van der Waals surface area contributed by atoms with Crippen LogP contribution in [-0.2, 0) is 16.4 Å². The fourth-order valence-electron chi connectivity index (χ4n) is 4.09. The Balaban J connectivity index is 1.52. The van der Waals surface area contributed by atoms with Gasteiger partial charge in [0.15, 0.2) is 5.78 Å².